The van der Waals surface area contributed by atoms with Crippen LogP contribution in [0.25, 0.3) is 22.2 Å². The molecule has 0 spiro atoms. The van der Waals surface area contributed by atoms with Gasteiger partial charge in [0.15, 0.2) is 0 Å². The standard InChI is InChI=1S/C21H22FN3OS/c1-13-18(22)9-8-15-11-16(12-24-27(26)21(3,4)5)20(25-19(13)15)17-7-6-10-23-14(17)2/h6-12H,1-5H3/b24-12+. The quantitative estimate of drug-likeness (QED) is 0.476. The van der Waals surface area contributed by atoms with Gasteiger partial charge in [0.2, 0.25) is 0 Å². The molecule has 0 N–H and O–H groups in total. The van der Waals surface area contributed by atoms with E-state index in [1.54, 1.807) is 25.4 Å². The Hall–Kier alpha value is -2.31. The summed E-state index contributed by atoms with van der Waals surface area (Å²) in [5.74, 6) is -0.292. The van der Waals surface area contributed by atoms with Crippen LogP contribution in [-0.4, -0.2) is 25.5 Å². The minimum Gasteiger partial charge on any atom is -0.591 e. The summed E-state index contributed by atoms with van der Waals surface area (Å²) in [7, 11) is 0. The molecular formula is C21H22FN3OS. The summed E-state index contributed by atoms with van der Waals surface area (Å²) < 4.78 is 30.2. The maximum absolute atomic E-state index is 14.0. The van der Waals surface area contributed by atoms with Gasteiger partial charge in [-0.2, -0.15) is 0 Å². The van der Waals surface area contributed by atoms with Crippen molar-refractivity contribution in [1.82, 2.24) is 9.97 Å². The first-order valence-electron chi connectivity index (χ1n) is 8.66. The molecule has 0 saturated carbocycles. The Morgan fingerprint density at radius 2 is 1.93 bits per heavy atom. The number of pyridine rings is 2. The van der Waals surface area contributed by atoms with Crippen LogP contribution in [0.2, 0.25) is 0 Å². The molecule has 2 heterocycles. The van der Waals surface area contributed by atoms with Crippen LogP contribution in [0.4, 0.5) is 4.39 Å². The third kappa shape index (κ3) is 4.01. The lowest BCUT2D eigenvalue weighted by Crippen LogP contribution is -2.25. The van der Waals surface area contributed by atoms with E-state index in [-0.39, 0.29) is 5.82 Å². The maximum Gasteiger partial charge on any atom is 0.144 e. The first-order chi connectivity index (χ1) is 12.7. The van der Waals surface area contributed by atoms with E-state index in [1.165, 1.54) is 6.07 Å². The first-order valence-corrected chi connectivity index (χ1v) is 9.77. The molecule has 0 radical (unpaired) electrons. The third-order valence-electron chi connectivity index (χ3n) is 4.28. The van der Waals surface area contributed by atoms with Crippen molar-refractivity contribution in [3.05, 3.63) is 59.2 Å². The van der Waals surface area contributed by atoms with E-state index in [2.05, 4.69) is 9.38 Å². The van der Waals surface area contributed by atoms with Crippen molar-refractivity contribution in [2.24, 2.45) is 4.40 Å². The van der Waals surface area contributed by atoms with Crippen LogP contribution in [0.5, 0.6) is 0 Å². The molecule has 0 saturated heterocycles. The minimum atomic E-state index is -1.38. The van der Waals surface area contributed by atoms with Gasteiger partial charge in [0, 0.05) is 34.0 Å². The minimum absolute atomic E-state index is 0.292. The molecule has 4 nitrogen and oxygen atoms in total. The number of hydrogen-bond donors (Lipinski definition) is 0. The van der Waals surface area contributed by atoms with Crippen LogP contribution in [0.15, 0.2) is 40.9 Å². The van der Waals surface area contributed by atoms with E-state index >= 15 is 0 Å². The Kier molecular flexibility index (Phi) is 5.31. The molecule has 140 valence electrons. The maximum atomic E-state index is 14.0. The summed E-state index contributed by atoms with van der Waals surface area (Å²) >= 11 is -1.38. The largest absolute Gasteiger partial charge is 0.591 e. The lowest BCUT2D eigenvalue weighted by molar-refractivity contribution is 0.562. The molecule has 3 aromatic rings. The molecule has 2 aromatic heterocycles. The number of benzene rings is 1. The summed E-state index contributed by atoms with van der Waals surface area (Å²) in [6.07, 6.45) is 3.31. The highest BCUT2D eigenvalue weighted by Crippen LogP contribution is 2.29. The van der Waals surface area contributed by atoms with Gasteiger partial charge in [-0.1, -0.05) is 4.40 Å². The average Bonchev–Trinajstić information content (AvgIpc) is 2.62. The Bertz CT molecular complexity index is 1030. The van der Waals surface area contributed by atoms with Crippen LogP contribution < -0.4 is 0 Å². The van der Waals surface area contributed by atoms with Crippen molar-refractivity contribution < 1.29 is 8.94 Å². The normalized spacial score (nSPS) is 13.4. The van der Waals surface area contributed by atoms with Crippen molar-refractivity contribution in [3.8, 4) is 11.3 Å². The zero-order valence-corrected chi connectivity index (χ0v) is 16.9. The van der Waals surface area contributed by atoms with Gasteiger partial charge in [0.25, 0.3) is 0 Å². The highest BCUT2D eigenvalue weighted by molar-refractivity contribution is 7.91. The number of nitrogens with zero attached hydrogens (tertiary/aromatic N) is 3. The smallest absolute Gasteiger partial charge is 0.144 e. The number of fused-ring (bicyclic) bond motifs is 1. The number of aryl methyl sites for hydroxylation is 2. The zero-order chi connectivity index (χ0) is 19.8. The molecule has 1 aromatic carbocycles. The fourth-order valence-corrected chi connectivity index (χ4v) is 3.21. The van der Waals surface area contributed by atoms with E-state index in [1.807, 2.05) is 45.9 Å². The van der Waals surface area contributed by atoms with Crippen LogP contribution in [0.1, 0.15) is 37.6 Å². The molecule has 3 rings (SSSR count). The summed E-state index contributed by atoms with van der Waals surface area (Å²) in [6, 6.07) is 8.79. The fourth-order valence-electron chi connectivity index (χ4n) is 2.69. The molecule has 1 unspecified atom stereocenters. The van der Waals surface area contributed by atoms with Crippen molar-refractivity contribution >= 4 is 28.5 Å². The lowest BCUT2D eigenvalue weighted by Gasteiger charge is -2.18. The topological polar surface area (TPSA) is 61.2 Å². The monoisotopic (exact) mass is 383 g/mol. The first kappa shape index (κ1) is 19.5. The second-order valence-corrected chi connectivity index (χ2v) is 9.34. The number of aromatic nitrogens is 2. The molecule has 0 aliphatic heterocycles. The predicted octanol–water partition coefficient (Wildman–Crippen LogP) is 4.93. The van der Waals surface area contributed by atoms with Crippen molar-refractivity contribution in [2.75, 3.05) is 0 Å². The van der Waals surface area contributed by atoms with E-state index in [4.69, 9.17) is 4.98 Å². The summed E-state index contributed by atoms with van der Waals surface area (Å²) in [5, 5.41) is 0.808. The van der Waals surface area contributed by atoms with Crippen molar-refractivity contribution in [3.63, 3.8) is 0 Å². The van der Waals surface area contributed by atoms with Gasteiger partial charge in [-0.25, -0.2) is 9.37 Å². The number of halogens is 1. The average molecular weight is 383 g/mol. The van der Waals surface area contributed by atoms with E-state index in [0.717, 1.165) is 22.2 Å². The molecule has 0 aliphatic carbocycles. The lowest BCUT2D eigenvalue weighted by atomic mass is 10.0. The van der Waals surface area contributed by atoms with Gasteiger partial charge < -0.3 is 4.55 Å². The number of hydrogen-bond acceptors (Lipinski definition) is 4. The highest BCUT2D eigenvalue weighted by atomic mass is 32.2. The molecule has 27 heavy (non-hydrogen) atoms. The molecule has 0 aliphatic rings. The second kappa shape index (κ2) is 7.37. The van der Waals surface area contributed by atoms with E-state index in [9.17, 15) is 8.94 Å². The van der Waals surface area contributed by atoms with Gasteiger partial charge in [-0.05, 0) is 65.0 Å². The third-order valence-corrected chi connectivity index (χ3v) is 5.62. The van der Waals surface area contributed by atoms with Crippen LogP contribution in [0, 0.1) is 19.7 Å². The van der Waals surface area contributed by atoms with Gasteiger partial charge in [0.1, 0.15) is 21.9 Å². The van der Waals surface area contributed by atoms with Crippen LogP contribution in [-0.2, 0) is 11.4 Å². The summed E-state index contributed by atoms with van der Waals surface area (Å²) in [5.41, 5.74) is 4.12. The summed E-state index contributed by atoms with van der Waals surface area (Å²) in [6.45, 7) is 9.23. The predicted molar refractivity (Wildman–Crippen MR) is 110 cm³/mol. The van der Waals surface area contributed by atoms with Gasteiger partial charge in [0.05, 0.1) is 17.4 Å². The van der Waals surface area contributed by atoms with Gasteiger partial charge in [-0.15, -0.1) is 0 Å². The van der Waals surface area contributed by atoms with Crippen molar-refractivity contribution in [2.45, 2.75) is 39.4 Å². The Morgan fingerprint density at radius 3 is 2.59 bits per heavy atom. The summed E-state index contributed by atoms with van der Waals surface area (Å²) in [4.78, 5) is 9.07. The van der Waals surface area contributed by atoms with Crippen LogP contribution in [0.3, 0.4) is 0 Å². The second-order valence-electron chi connectivity index (χ2n) is 7.40. The molecular weight excluding hydrogens is 361 g/mol. The molecule has 0 bridgehead atoms. The van der Waals surface area contributed by atoms with E-state index in [0.29, 0.717) is 16.8 Å². The molecule has 1 atom stereocenters. The Morgan fingerprint density at radius 1 is 1.19 bits per heavy atom. The van der Waals surface area contributed by atoms with Gasteiger partial charge >= 0.3 is 0 Å². The number of rotatable bonds is 3. The zero-order valence-electron chi connectivity index (χ0n) is 16.1. The SMILES string of the molecule is Cc1ncccc1-c1nc2c(C)c(F)ccc2cc1/C=N/[S+]([O-])C(C)(C)C. The Labute approximate surface area is 161 Å². The van der Waals surface area contributed by atoms with Crippen LogP contribution >= 0.6 is 0 Å². The van der Waals surface area contributed by atoms with E-state index < -0.39 is 16.1 Å². The highest BCUT2D eigenvalue weighted by Gasteiger charge is 2.26. The molecule has 0 fully saturated rings. The molecule has 6 heteroatoms. The Balaban J connectivity index is 2.24. The van der Waals surface area contributed by atoms with Gasteiger partial charge in [-0.3, -0.25) is 4.98 Å². The van der Waals surface area contributed by atoms with Crippen molar-refractivity contribution in [1.29, 1.82) is 0 Å². The molecule has 0 amide bonds. The fraction of sp³-hybridized carbons (Fsp3) is 0.286.